The Balaban J connectivity index is 1.83. The number of rotatable bonds is 6. The number of ether oxygens (including phenoxy) is 2. The Bertz CT molecular complexity index is 589. The second-order valence-corrected chi connectivity index (χ2v) is 3.97. The summed E-state index contributed by atoms with van der Waals surface area (Å²) in [6, 6.07) is 12.9. The van der Waals surface area contributed by atoms with Gasteiger partial charge >= 0.3 is 5.69 Å². The van der Waals surface area contributed by atoms with Gasteiger partial charge in [0.15, 0.2) is 6.79 Å². The van der Waals surface area contributed by atoms with Crippen LogP contribution in [0.15, 0.2) is 48.5 Å². The summed E-state index contributed by atoms with van der Waals surface area (Å²) in [6.45, 7) is 0.308. The van der Waals surface area contributed by atoms with Gasteiger partial charge in [-0.2, -0.15) is 4.39 Å². The van der Waals surface area contributed by atoms with E-state index in [9.17, 15) is 14.5 Å². The molecule has 0 spiro atoms. The lowest BCUT2D eigenvalue weighted by atomic mass is 10.2. The van der Waals surface area contributed by atoms with Gasteiger partial charge in [0.2, 0.25) is 5.82 Å². The number of nitrogens with zero attached hydrogens (tertiary/aromatic N) is 1. The molecule has 2 rings (SSSR count). The Kier molecular flexibility index (Phi) is 4.62. The van der Waals surface area contributed by atoms with Crippen LogP contribution < -0.4 is 4.74 Å². The van der Waals surface area contributed by atoms with E-state index in [1.807, 2.05) is 30.3 Å². The SMILES string of the molecule is O=[N+]([O-])c1ccc(OCOCc2ccccc2)cc1F. The summed E-state index contributed by atoms with van der Waals surface area (Å²) in [5.74, 6) is -0.753. The lowest BCUT2D eigenvalue weighted by Gasteiger charge is -2.07. The highest BCUT2D eigenvalue weighted by molar-refractivity contribution is 5.37. The molecule has 0 N–H and O–H groups in total. The van der Waals surface area contributed by atoms with Crippen LogP contribution in [-0.4, -0.2) is 11.7 Å². The van der Waals surface area contributed by atoms with Crippen LogP contribution in [0.25, 0.3) is 0 Å². The largest absolute Gasteiger partial charge is 0.467 e. The normalized spacial score (nSPS) is 10.2. The number of hydrogen-bond acceptors (Lipinski definition) is 4. The molecular weight excluding hydrogens is 265 g/mol. The van der Waals surface area contributed by atoms with Crippen LogP contribution in [0.4, 0.5) is 10.1 Å². The molecule has 0 aliphatic rings. The van der Waals surface area contributed by atoms with Crippen molar-refractivity contribution in [1.82, 2.24) is 0 Å². The van der Waals surface area contributed by atoms with Gasteiger partial charge in [-0.15, -0.1) is 0 Å². The van der Waals surface area contributed by atoms with Crippen molar-refractivity contribution in [3.8, 4) is 5.75 Å². The summed E-state index contributed by atoms with van der Waals surface area (Å²) >= 11 is 0. The maximum atomic E-state index is 13.3. The molecule has 0 amide bonds. The van der Waals surface area contributed by atoms with E-state index in [-0.39, 0.29) is 12.5 Å². The van der Waals surface area contributed by atoms with Gasteiger partial charge in [-0.25, -0.2) is 0 Å². The lowest BCUT2D eigenvalue weighted by molar-refractivity contribution is -0.387. The minimum atomic E-state index is -0.935. The Hall–Kier alpha value is -2.47. The first kappa shape index (κ1) is 14.0. The second kappa shape index (κ2) is 6.63. The molecule has 0 bridgehead atoms. The molecule has 20 heavy (non-hydrogen) atoms. The van der Waals surface area contributed by atoms with E-state index in [0.29, 0.717) is 6.61 Å². The van der Waals surface area contributed by atoms with Crippen molar-refractivity contribution in [1.29, 1.82) is 0 Å². The molecule has 0 aliphatic carbocycles. The monoisotopic (exact) mass is 277 g/mol. The molecule has 0 fully saturated rings. The average Bonchev–Trinajstić information content (AvgIpc) is 2.44. The zero-order valence-electron chi connectivity index (χ0n) is 10.5. The Morgan fingerprint density at radius 3 is 2.55 bits per heavy atom. The molecule has 0 aliphatic heterocycles. The summed E-state index contributed by atoms with van der Waals surface area (Å²) in [6.07, 6.45) is 0. The van der Waals surface area contributed by atoms with Gasteiger partial charge in [-0.3, -0.25) is 10.1 Å². The highest BCUT2D eigenvalue weighted by Gasteiger charge is 2.14. The number of halogens is 1. The highest BCUT2D eigenvalue weighted by atomic mass is 19.1. The maximum absolute atomic E-state index is 13.3. The van der Waals surface area contributed by atoms with E-state index in [0.717, 1.165) is 17.7 Å². The Morgan fingerprint density at radius 1 is 1.15 bits per heavy atom. The van der Waals surface area contributed by atoms with Gasteiger partial charge in [0, 0.05) is 12.1 Å². The van der Waals surface area contributed by atoms with Crippen LogP contribution >= 0.6 is 0 Å². The summed E-state index contributed by atoms with van der Waals surface area (Å²) < 4.78 is 23.7. The number of benzene rings is 2. The molecule has 0 saturated heterocycles. The molecule has 104 valence electrons. The van der Waals surface area contributed by atoms with E-state index in [1.165, 1.54) is 6.07 Å². The fourth-order valence-electron chi connectivity index (χ4n) is 1.57. The van der Waals surface area contributed by atoms with E-state index in [1.54, 1.807) is 0 Å². The predicted molar refractivity (Wildman–Crippen MR) is 69.8 cm³/mol. The van der Waals surface area contributed by atoms with Gasteiger partial charge in [-0.1, -0.05) is 30.3 Å². The third kappa shape index (κ3) is 3.76. The molecule has 0 radical (unpaired) electrons. The van der Waals surface area contributed by atoms with Crippen LogP contribution in [0.5, 0.6) is 5.75 Å². The first-order chi connectivity index (χ1) is 9.66. The quantitative estimate of drug-likeness (QED) is 0.352. The van der Waals surface area contributed by atoms with Crippen LogP contribution in [0.3, 0.4) is 0 Å². The molecule has 5 nitrogen and oxygen atoms in total. The first-order valence-corrected chi connectivity index (χ1v) is 5.85. The van der Waals surface area contributed by atoms with Crippen LogP contribution in [-0.2, 0) is 11.3 Å². The van der Waals surface area contributed by atoms with Gasteiger partial charge in [0.1, 0.15) is 5.75 Å². The van der Waals surface area contributed by atoms with Gasteiger partial charge in [0.05, 0.1) is 11.5 Å². The van der Waals surface area contributed by atoms with Crippen molar-refractivity contribution in [3.05, 3.63) is 70.0 Å². The van der Waals surface area contributed by atoms with Crippen molar-refractivity contribution < 1.29 is 18.8 Å². The van der Waals surface area contributed by atoms with Crippen LogP contribution in [0.2, 0.25) is 0 Å². The topological polar surface area (TPSA) is 61.6 Å². The molecule has 6 heteroatoms. The molecular formula is C14H12FNO4. The van der Waals surface area contributed by atoms with Crippen molar-refractivity contribution in [2.45, 2.75) is 6.61 Å². The smallest absolute Gasteiger partial charge is 0.305 e. The standard InChI is InChI=1S/C14H12FNO4/c15-13-8-12(6-7-14(13)16(17)18)20-10-19-9-11-4-2-1-3-5-11/h1-8H,9-10H2. The van der Waals surface area contributed by atoms with E-state index >= 15 is 0 Å². The van der Waals surface area contributed by atoms with E-state index < -0.39 is 16.4 Å². The van der Waals surface area contributed by atoms with Crippen molar-refractivity contribution in [3.63, 3.8) is 0 Å². The average molecular weight is 277 g/mol. The summed E-state index contributed by atoms with van der Waals surface area (Å²) in [7, 11) is 0. The summed E-state index contributed by atoms with van der Waals surface area (Å²) in [5, 5.41) is 10.5. The molecule has 0 aromatic heterocycles. The maximum Gasteiger partial charge on any atom is 0.305 e. The second-order valence-electron chi connectivity index (χ2n) is 3.97. The Labute approximate surface area is 114 Å². The number of hydrogen-bond donors (Lipinski definition) is 0. The minimum absolute atomic E-state index is 0.0633. The molecule has 0 heterocycles. The minimum Gasteiger partial charge on any atom is -0.467 e. The first-order valence-electron chi connectivity index (χ1n) is 5.85. The highest BCUT2D eigenvalue weighted by Crippen LogP contribution is 2.22. The van der Waals surface area contributed by atoms with Gasteiger partial charge < -0.3 is 9.47 Å². The summed E-state index contributed by atoms with van der Waals surface area (Å²) in [5.41, 5.74) is 0.411. The number of nitro groups is 1. The zero-order chi connectivity index (χ0) is 14.4. The van der Waals surface area contributed by atoms with Crippen molar-refractivity contribution >= 4 is 5.69 Å². The van der Waals surface area contributed by atoms with Gasteiger partial charge in [0.25, 0.3) is 0 Å². The van der Waals surface area contributed by atoms with Crippen LogP contribution in [0.1, 0.15) is 5.56 Å². The third-order valence-electron chi connectivity index (χ3n) is 2.54. The predicted octanol–water partition coefficient (Wildman–Crippen LogP) is 3.29. The summed E-state index contributed by atoms with van der Waals surface area (Å²) in [4.78, 5) is 9.66. The van der Waals surface area contributed by atoms with Crippen LogP contribution in [0, 0.1) is 15.9 Å². The molecule has 0 unspecified atom stereocenters. The number of nitro benzene ring substituents is 1. The molecule has 2 aromatic carbocycles. The zero-order valence-corrected chi connectivity index (χ0v) is 10.5. The van der Waals surface area contributed by atoms with E-state index in [2.05, 4.69) is 0 Å². The molecule has 0 saturated carbocycles. The van der Waals surface area contributed by atoms with Gasteiger partial charge in [-0.05, 0) is 11.6 Å². The molecule has 2 aromatic rings. The van der Waals surface area contributed by atoms with E-state index in [4.69, 9.17) is 9.47 Å². The van der Waals surface area contributed by atoms with Crippen molar-refractivity contribution in [2.24, 2.45) is 0 Å². The fourth-order valence-corrected chi connectivity index (χ4v) is 1.57. The lowest BCUT2D eigenvalue weighted by Crippen LogP contribution is -2.03. The molecule has 0 atom stereocenters. The van der Waals surface area contributed by atoms with Crippen molar-refractivity contribution in [2.75, 3.05) is 6.79 Å². The third-order valence-corrected chi connectivity index (χ3v) is 2.54. The fraction of sp³-hybridized carbons (Fsp3) is 0.143. The Morgan fingerprint density at radius 2 is 1.90 bits per heavy atom.